The first-order valence-corrected chi connectivity index (χ1v) is 10.2. The van der Waals surface area contributed by atoms with Crippen LogP contribution >= 0.6 is 22.6 Å². The van der Waals surface area contributed by atoms with Gasteiger partial charge in [0.15, 0.2) is 11.5 Å². The van der Waals surface area contributed by atoms with Crippen molar-refractivity contribution in [1.29, 1.82) is 0 Å². The number of carbonyl (C=O) groups is 1. The smallest absolute Gasteiger partial charge is 0.252 e. The molecular weight excluding hydrogens is 455 g/mol. The van der Waals surface area contributed by atoms with Crippen LogP contribution in [0, 0.1) is 3.57 Å². The normalized spacial score (nSPS) is 15.4. The van der Waals surface area contributed by atoms with Crippen LogP contribution in [0.1, 0.15) is 34.8 Å². The summed E-state index contributed by atoms with van der Waals surface area (Å²) in [5, 5.41) is 3.12. The van der Waals surface area contributed by atoms with Crippen LogP contribution < -0.4 is 14.8 Å². The zero-order chi connectivity index (χ0) is 19.2. The van der Waals surface area contributed by atoms with Crippen molar-refractivity contribution < 1.29 is 14.3 Å². The molecule has 2 aromatic rings. The van der Waals surface area contributed by atoms with Crippen LogP contribution in [0.5, 0.6) is 11.5 Å². The molecule has 27 heavy (non-hydrogen) atoms. The van der Waals surface area contributed by atoms with E-state index in [1.807, 2.05) is 12.1 Å². The van der Waals surface area contributed by atoms with Gasteiger partial charge in [-0.1, -0.05) is 30.3 Å². The molecule has 0 aliphatic carbocycles. The Bertz CT molecular complexity index is 776. The Morgan fingerprint density at radius 3 is 2.37 bits per heavy atom. The zero-order valence-corrected chi connectivity index (χ0v) is 17.9. The number of methoxy groups -OCH3 is 2. The number of benzene rings is 2. The highest BCUT2D eigenvalue weighted by Gasteiger charge is 2.24. The maximum atomic E-state index is 12.9. The van der Waals surface area contributed by atoms with E-state index in [1.54, 1.807) is 20.3 Å². The Labute approximate surface area is 174 Å². The van der Waals surface area contributed by atoms with Gasteiger partial charge in [-0.2, -0.15) is 0 Å². The van der Waals surface area contributed by atoms with Crippen molar-refractivity contribution in [2.75, 3.05) is 33.9 Å². The van der Waals surface area contributed by atoms with Crippen LogP contribution in [0.3, 0.4) is 0 Å². The van der Waals surface area contributed by atoms with Crippen LogP contribution in [0.15, 0.2) is 42.5 Å². The van der Waals surface area contributed by atoms with Gasteiger partial charge >= 0.3 is 0 Å². The Morgan fingerprint density at radius 2 is 1.74 bits per heavy atom. The molecule has 0 radical (unpaired) electrons. The molecule has 1 saturated heterocycles. The highest BCUT2D eigenvalue weighted by Crippen LogP contribution is 2.31. The number of nitrogens with one attached hydrogen (secondary N) is 1. The lowest BCUT2D eigenvalue weighted by Gasteiger charge is -2.28. The highest BCUT2D eigenvalue weighted by atomic mass is 127. The van der Waals surface area contributed by atoms with Crippen LogP contribution in [0.4, 0.5) is 0 Å². The first-order valence-electron chi connectivity index (χ1n) is 9.12. The topological polar surface area (TPSA) is 50.8 Å². The van der Waals surface area contributed by atoms with E-state index in [0.29, 0.717) is 23.6 Å². The maximum Gasteiger partial charge on any atom is 0.252 e. The molecule has 0 aromatic heterocycles. The fraction of sp³-hybridized carbons (Fsp3) is 0.381. The molecule has 0 spiro atoms. The predicted molar refractivity (Wildman–Crippen MR) is 115 cm³/mol. The summed E-state index contributed by atoms with van der Waals surface area (Å²) in [7, 11) is 3.17. The van der Waals surface area contributed by atoms with Gasteiger partial charge in [0.05, 0.1) is 25.8 Å². The number of likely N-dealkylation sites (tertiary alicyclic amines) is 1. The van der Waals surface area contributed by atoms with Crippen molar-refractivity contribution in [2.45, 2.75) is 18.9 Å². The van der Waals surface area contributed by atoms with E-state index >= 15 is 0 Å². The molecular formula is C21H25IN2O3. The lowest BCUT2D eigenvalue weighted by molar-refractivity contribution is 0.0936. The summed E-state index contributed by atoms with van der Waals surface area (Å²) in [5.41, 5.74) is 1.84. The quantitative estimate of drug-likeness (QED) is 0.612. The lowest BCUT2D eigenvalue weighted by Crippen LogP contribution is -2.37. The van der Waals surface area contributed by atoms with Gasteiger partial charge < -0.3 is 14.8 Å². The number of hydrogen-bond donors (Lipinski definition) is 1. The third-order valence-corrected chi connectivity index (χ3v) is 5.83. The van der Waals surface area contributed by atoms with Gasteiger partial charge in [0.2, 0.25) is 0 Å². The van der Waals surface area contributed by atoms with Crippen LogP contribution in [0.2, 0.25) is 0 Å². The number of amides is 1. The number of carbonyl (C=O) groups excluding carboxylic acids is 1. The molecule has 6 heteroatoms. The third-order valence-electron chi connectivity index (χ3n) is 4.94. The minimum absolute atomic E-state index is 0.0968. The third kappa shape index (κ3) is 4.73. The second kappa shape index (κ2) is 9.41. The first kappa shape index (κ1) is 19.9. The predicted octanol–water partition coefficient (Wildman–Crippen LogP) is 3.88. The van der Waals surface area contributed by atoms with E-state index < -0.39 is 0 Å². The second-order valence-corrected chi connectivity index (χ2v) is 7.73. The molecule has 3 rings (SSSR count). The van der Waals surface area contributed by atoms with E-state index in [-0.39, 0.29) is 11.9 Å². The summed E-state index contributed by atoms with van der Waals surface area (Å²) in [4.78, 5) is 15.3. The molecule has 1 heterocycles. The van der Waals surface area contributed by atoms with Gasteiger partial charge in [0, 0.05) is 10.1 Å². The number of nitrogens with zero attached hydrogens (tertiary/aromatic N) is 1. The molecule has 0 saturated carbocycles. The van der Waals surface area contributed by atoms with Crippen LogP contribution in [-0.2, 0) is 0 Å². The minimum Gasteiger partial charge on any atom is -0.493 e. The van der Waals surface area contributed by atoms with Crippen molar-refractivity contribution in [3.05, 3.63) is 57.2 Å². The molecule has 0 bridgehead atoms. The highest BCUT2D eigenvalue weighted by molar-refractivity contribution is 14.1. The average molecular weight is 480 g/mol. The zero-order valence-electron chi connectivity index (χ0n) is 15.7. The van der Waals surface area contributed by atoms with E-state index in [2.05, 4.69) is 57.1 Å². The number of hydrogen-bond acceptors (Lipinski definition) is 4. The van der Waals surface area contributed by atoms with Gasteiger partial charge in [-0.3, -0.25) is 9.69 Å². The first-order chi connectivity index (χ1) is 13.1. The largest absolute Gasteiger partial charge is 0.493 e. The SMILES string of the molecule is COc1cc(I)c(C(=O)NCC(c2ccccc2)N2CCCC2)cc1OC. The number of rotatable bonds is 7. The maximum absolute atomic E-state index is 12.9. The molecule has 1 unspecified atom stereocenters. The van der Waals surface area contributed by atoms with E-state index in [9.17, 15) is 4.79 Å². The van der Waals surface area contributed by atoms with Crippen molar-refractivity contribution in [3.8, 4) is 11.5 Å². The molecule has 144 valence electrons. The summed E-state index contributed by atoms with van der Waals surface area (Å²) in [6.07, 6.45) is 2.43. The average Bonchev–Trinajstić information content (AvgIpc) is 3.23. The molecule has 1 aliphatic heterocycles. The van der Waals surface area contributed by atoms with Gasteiger partial charge in [-0.25, -0.2) is 0 Å². The molecule has 1 aliphatic rings. The number of ether oxygens (including phenoxy) is 2. The van der Waals surface area contributed by atoms with Crippen LogP contribution in [-0.4, -0.2) is 44.7 Å². The molecule has 2 aromatic carbocycles. The Morgan fingerprint density at radius 1 is 1.11 bits per heavy atom. The van der Waals surface area contributed by atoms with Gasteiger partial charge in [-0.15, -0.1) is 0 Å². The van der Waals surface area contributed by atoms with Gasteiger partial charge in [0.25, 0.3) is 5.91 Å². The Balaban J connectivity index is 1.76. The van der Waals surface area contributed by atoms with E-state index in [1.165, 1.54) is 18.4 Å². The summed E-state index contributed by atoms with van der Waals surface area (Å²) >= 11 is 2.16. The molecule has 1 N–H and O–H groups in total. The minimum atomic E-state index is -0.0968. The lowest BCUT2D eigenvalue weighted by atomic mass is 10.1. The summed E-state index contributed by atoms with van der Waals surface area (Å²) in [6, 6.07) is 14.2. The fourth-order valence-electron chi connectivity index (χ4n) is 3.50. The van der Waals surface area contributed by atoms with Crippen molar-refractivity contribution in [3.63, 3.8) is 0 Å². The summed E-state index contributed by atoms with van der Waals surface area (Å²) < 4.78 is 11.5. The second-order valence-electron chi connectivity index (χ2n) is 6.57. The molecule has 5 nitrogen and oxygen atoms in total. The summed E-state index contributed by atoms with van der Waals surface area (Å²) in [5.74, 6) is 1.08. The van der Waals surface area contributed by atoms with Crippen LogP contribution in [0.25, 0.3) is 0 Å². The molecule has 1 fully saturated rings. The standard InChI is InChI=1S/C21H25IN2O3/c1-26-19-12-16(17(22)13-20(19)27-2)21(25)23-14-18(24-10-6-7-11-24)15-8-4-3-5-9-15/h3-5,8-9,12-13,18H,6-7,10-11,14H2,1-2H3,(H,23,25). The Kier molecular flexibility index (Phi) is 6.95. The molecule has 1 amide bonds. The van der Waals surface area contributed by atoms with E-state index in [4.69, 9.17) is 9.47 Å². The van der Waals surface area contributed by atoms with E-state index in [0.717, 1.165) is 16.7 Å². The van der Waals surface area contributed by atoms with Crippen molar-refractivity contribution >= 4 is 28.5 Å². The fourth-order valence-corrected chi connectivity index (χ4v) is 4.18. The molecule has 1 atom stereocenters. The van der Waals surface area contributed by atoms with Gasteiger partial charge in [0.1, 0.15) is 0 Å². The van der Waals surface area contributed by atoms with Gasteiger partial charge in [-0.05, 0) is 66.2 Å². The number of halogens is 1. The Hall–Kier alpha value is -1.80. The summed E-state index contributed by atoms with van der Waals surface area (Å²) in [6.45, 7) is 2.72. The van der Waals surface area contributed by atoms with Crippen molar-refractivity contribution in [1.82, 2.24) is 10.2 Å². The van der Waals surface area contributed by atoms with Crippen molar-refractivity contribution in [2.24, 2.45) is 0 Å². The monoisotopic (exact) mass is 480 g/mol.